The van der Waals surface area contributed by atoms with Gasteiger partial charge in [-0.25, -0.2) is 0 Å². The Morgan fingerprint density at radius 3 is 2.43 bits per heavy atom. The Morgan fingerprint density at radius 1 is 1.14 bits per heavy atom. The number of hydrogen-bond acceptors (Lipinski definition) is 4. The standard InChI is InChI=1S/C16H26N2O3/c1-2-3-4-5-6-7-8-11-21-16-12-14(13-17)9-10-15(16)18(19)20/h9-10,12H,2-8,11,13,17H2,1H3. The molecule has 21 heavy (non-hydrogen) atoms. The van der Waals surface area contributed by atoms with Crippen molar-refractivity contribution in [2.45, 2.75) is 58.4 Å². The summed E-state index contributed by atoms with van der Waals surface area (Å²) in [6.07, 6.45) is 8.34. The first-order chi connectivity index (χ1) is 10.2. The third kappa shape index (κ3) is 6.58. The lowest BCUT2D eigenvalue weighted by atomic mass is 10.1. The summed E-state index contributed by atoms with van der Waals surface area (Å²) >= 11 is 0. The molecule has 0 heterocycles. The lowest BCUT2D eigenvalue weighted by Gasteiger charge is -2.08. The minimum absolute atomic E-state index is 0.00939. The molecule has 0 aliphatic rings. The molecule has 0 bridgehead atoms. The fourth-order valence-corrected chi connectivity index (χ4v) is 2.19. The molecule has 0 radical (unpaired) electrons. The number of nitrogens with two attached hydrogens (primary N) is 1. The van der Waals surface area contributed by atoms with Gasteiger partial charge in [0.05, 0.1) is 11.5 Å². The number of nitrogens with zero attached hydrogens (tertiary/aromatic N) is 1. The van der Waals surface area contributed by atoms with E-state index < -0.39 is 4.92 Å². The van der Waals surface area contributed by atoms with E-state index in [0.717, 1.165) is 18.4 Å². The normalized spacial score (nSPS) is 10.6. The van der Waals surface area contributed by atoms with Crippen LogP contribution in [0.15, 0.2) is 18.2 Å². The highest BCUT2D eigenvalue weighted by molar-refractivity contribution is 5.48. The van der Waals surface area contributed by atoms with Crippen molar-refractivity contribution in [3.8, 4) is 5.75 Å². The Morgan fingerprint density at radius 2 is 1.81 bits per heavy atom. The first kappa shape index (κ1) is 17.4. The van der Waals surface area contributed by atoms with Crippen molar-refractivity contribution in [2.24, 2.45) is 5.73 Å². The van der Waals surface area contributed by atoms with Crippen molar-refractivity contribution in [1.82, 2.24) is 0 Å². The second-order valence-electron chi connectivity index (χ2n) is 5.23. The zero-order chi connectivity index (χ0) is 15.5. The Hall–Kier alpha value is -1.62. The quantitative estimate of drug-likeness (QED) is 0.377. The topological polar surface area (TPSA) is 78.4 Å². The van der Waals surface area contributed by atoms with E-state index in [1.807, 2.05) is 0 Å². The van der Waals surface area contributed by atoms with Gasteiger partial charge in [0.1, 0.15) is 0 Å². The zero-order valence-corrected chi connectivity index (χ0v) is 12.8. The largest absolute Gasteiger partial charge is 0.487 e. The number of rotatable bonds is 11. The maximum atomic E-state index is 11.0. The molecule has 0 fully saturated rings. The number of unbranched alkanes of at least 4 members (excludes halogenated alkanes) is 6. The lowest BCUT2D eigenvalue weighted by Crippen LogP contribution is -2.03. The summed E-state index contributed by atoms with van der Waals surface area (Å²) < 4.78 is 5.57. The van der Waals surface area contributed by atoms with Crippen LogP contribution in [0.25, 0.3) is 0 Å². The molecule has 0 amide bonds. The molecule has 0 aromatic heterocycles. The molecule has 0 atom stereocenters. The van der Waals surface area contributed by atoms with E-state index in [-0.39, 0.29) is 5.69 Å². The highest BCUT2D eigenvalue weighted by Crippen LogP contribution is 2.28. The second-order valence-corrected chi connectivity index (χ2v) is 5.23. The van der Waals surface area contributed by atoms with Crippen LogP contribution in [0, 0.1) is 10.1 Å². The van der Waals surface area contributed by atoms with E-state index in [0.29, 0.717) is 18.9 Å². The number of benzene rings is 1. The average molecular weight is 294 g/mol. The van der Waals surface area contributed by atoms with Crippen LogP contribution < -0.4 is 10.5 Å². The summed E-state index contributed by atoms with van der Waals surface area (Å²) in [5, 5.41) is 11.0. The van der Waals surface area contributed by atoms with Gasteiger partial charge in [0.15, 0.2) is 5.75 Å². The highest BCUT2D eigenvalue weighted by Gasteiger charge is 2.15. The molecule has 0 saturated heterocycles. The molecule has 0 aliphatic carbocycles. The van der Waals surface area contributed by atoms with Gasteiger partial charge in [0.25, 0.3) is 0 Å². The molecule has 1 aromatic carbocycles. The fourth-order valence-electron chi connectivity index (χ4n) is 2.19. The van der Waals surface area contributed by atoms with Gasteiger partial charge in [-0.15, -0.1) is 0 Å². The number of ether oxygens (including phenoxy) is 1. The van der Waals surface area contributed by atoms with E-state index in [2.05, 4.69) is 6.92 Å². The summed E-state index contributed by atoms with van der Waals surface area (Å²) in [4.78, 5) is 10.5. The molecule has 1 aromatic rings. The minimum atomic E-state index is -0.416. The lowest BCUT2D eigenvalue weighted by molar-refractivity contribution is -0.385. The van der Waals surface area contributed by atoms with Crippen molar-refractivity contribution in [1.29, 1.82) is 0 Å². The summed E-state index contributed by atoms with van der Waals surface area (Å²) in [7, 11) is 0. The Labute approximate surface area is 126 Å². The predicted octanol–water partition coefficient (Wildman–Crippen LogP) is 4.18. The maximum Gasteiger partial charge on any atom is 0.310 e. The summed E-state index contributed by atoms with van der Waals surface area (Å²) in [5.74, 6) is 0.328. The first-order valence-corrected chi connectivity index (χ1v) is 7.79. The molecule has 0 aliphatic heterocycles. The monoisotopic (exact) mass is 294 g/mol. The highest BCUT2D eigenvalue weighted by atomic mass is 16.6. The molecule has 0 saturated carbocycles. The van der Waals surface area contributed by atoms with Gasteiger partial charge >= 0.3 is 5.69 Å². The molecule has 0 unspecified atom stereocenters. The Kier molecular flexibility index (Phi) is 8.43. The van der Waals surface area contributed by atoms with Crippen LogP contribution >= 0.6 is 0 Å². The first-order valence-electron chi connectivity index (χ1n) is 7.79. The average Bonchev–Trinajstić information content (AvgIpc) is 2.49. The fraction of sp³-hybridized carbons (Fsp3) is 0.625. The van der Waals surface area contributed by atoms with Crippen molar-refractivity contribution in [3.05, 3.63) is 33.9 Å². The van der Waals surface area contributed by atoms with Crippen LogP contribution in [0.3, 0.4) is 0 Å². The molecule has 2 N–H and O–H groups in total. The zero-order valence-electron chi connectivity index (χ0n) is 12.8. The van der Waals surface area contributed by atoms with Crippen LogP contribution in [0.1, 0.15) is 57.4 Å². The molecule has 0 spiro atoms. The van der Waals surface area contributed by atoms with Gasteiger partial charge in [-0.3, -0.25) is 10.1 Å². The van der Waals surface area contributed by atoms with Crippen LogP contribution in [-0.4, -0.2) is 11.5 Å². The predicted molar refractivity (Wildman–Crippen MR) is 84.5 cm³/mol. The number of nitro benzene ring substituents is 1. The maximum absolute atomic E-state index is 11.0. The molecular weight excluding hydrogens is 268 g/mol. The second kappa shape index (κ2) is 10.2. The minimum Gasteiger partial charge on any atom is -0.487 e. The van der Waals surface area contributed by atoms with Gasteiger partial charge in [0.2, 0.25) is 0 Å². The molecule has 5 nitrogen and oxygen atoms in total. The SMILES string of the molecule is CCCCCCCCCOc1cc(CN)ccc1[N+](=O)[O-]. The van der Waals surface area contributed by atoms with Gasteiger partial charge in [0, 0.05) is 12.6 Å². The van der Waals surface area contributed by atoms with Crippen LogP contribution in [-0.2, 0) is 6.54 Å². The van der Waals surface area contributed by atoms with E-state index in [9.17, 15) is 10.1 Å². The third-order valence-corrected chi connectivity index (χ3v) is 3.46. The smallest absolute Gasteiger partial charge is 0.310 e. The Bertz CT molecular complexity index is 436. The molecule has 5 heteroatoms. The van der Waals surface area contributed by atoms with Crippen molar-refractivity contribution in [3.63, 3.8) is 0 Å². The van der Waals surface area contributed by atoms with Gasteiger partial charge in [-0.1, -0.05) is 51.5 Å². The summed E-state index contributed by atoms with van der Waals surface area (Å²) in [5.41, 5.74) is 6.41. The van der Waals surface area contributed by atoms with Crippen molar-refractivity contribution >= 4 is 5.69 Å². The van der Waals surface area contributed by atoms with Gasteiger partial charge in [-0.05, 0) is 18.1 Å². The van der Waals surface area contributed by atoms with E-state index in [1.54, 1.807) is 12.1 Å². The number of hydrogen-bond donors (Lipinski definition) is 1. The molecule has 118 valence electrons. The molecule has 1 rings (SSSR count). The van der Waals surface area contributed by atoms with Gasteiger partial charge in [-0.2, -0.15) is 0 Å². The van der Waals surface area contributed by atoms with Crippen molar-refractivity contribution in [2.75, 3.05) is 6.61 Å². The Balaban J connectivity index is 2.35. The van der Waals surface area contributed by atoms with Crippen LogP contribution in [0.2, 0.25) is 0 Å². The third-order valence-electron chi connectivity index (χ3n) is 3.46. The molecular formula is C16H26N2O3. The van der Waals surface area contributed by atoms with E-state index in [1.165, 1.54) is 38.2 Å². The number of nitro groups is 1. The van der Waals surface area contributed by atoms with E-state index >= 15 is 0 Å². The summed E-state index contributed by atoms with van der Waals surface area (Å²) in [6, 6.07) is 4.79. The van der Waals surface area contributed by atoms with Gasteiger partial charge < -0.3 is 10.5 Å². The van der Waals surface area contributed by atoms with E-state index in [4.69, 9.17) is 10.5 Å². The van der Waals surface area contributed by atoms with Crippen LogP contribution in [0.5, 0.6) is 5.75 Å². The summed E-state index contributed by atoms with van der Waals surface area (Å²) in [6.45, 7) is 3.07. The van der Waals surface area contributed by atoms with Crippen molar-refractivity contribution < 1.29 is 9.66 Å². The van der Waals surface area contributed by atoms with Crippen LogP contribution in [0.4, 0.5) is 5.69 Å².